The molecule has 324 valence electrons. The van der Waals surface area contributed by atoms with Gasteiger partial charge in [0.2, 0.25) is 0 Å². The molecule has 0 saturated carbocycles. The van der Waals surface area contributed by atoms with E-state index in [1.165, 1.54) is 77.9 Å². The second-order valence-corrected chi connectivity index (χ2v) is 18.0. The lowest BCUT2D eigenvalue weighted by molar-refractivity contribution is 0.794. The number of para-hydroxylation sites is 3. The Balaban J connectivity index is 0.943. The first-order valence-corrected chi connectivity index (χ1v) is 23.8. The first kappa shape index (κ1) is 40.3. The fourth-order valence-corrected chi connectivity index (χ4v) is 11.3. The van der Waals surface area contributed by atoms with Gasteiger partial charge < -0.3 is 9.80 Å². The van der Waals surface area contributed by atoms with Gasteiger partial charge in [-0.15, -0.1) is 0 Å². The van der Waals surface area contributed by atoms with E-state index in [0.717, 1.165) is 34.1 Å². The molecular formula is C67H46N2. The quantitative estimate of drug-likeness (QED) is 0.143. The summed E-state index contributed by atoms with van der Waals surface area (Å²) in [5, 5.41) is 0. The maximum absolute atomic E-state index is 2.44. The van der Waals surface area contributed by atoms with Crippen molar-refractivity contribution in [3.05, 3.63) is 301 Å². The van der Waals surface area contributed by atoms with Crippen LogP contribution in [0.5, 0.6) is 0 Å². The highest BCUT2D eigenvalue weighted by Gasteiger charge is 2.51. The molecule has 0 bridgehead atoms. The van der Waals surface area contributed by atoms with Gasteiger partial charge in [-0.25, -0.2) is 0 Å². The van der Waals surface area contributed by atoms with E-state index in [1.807, 2.05) is 0 Å². The minimum absolute atomic E-state index is 0.477. The first-order valence-electron chi connectivity index (χ1n) is 23.8. The number of anilines is 6. The third-order valence-electron chi connectivity index (χ3n) is 14.3. The van der Waals surface area contributed by atoms with E-state index >= 15 is 0 Å². The van der Waals surface area contributed by atoms with Gasteiger partial charge in [-0.05, 0) is 145 Å². The zero-order valence-electron chi connectivity index (χ0n) is 38.0. The molecular weight excluding hydrogens is 833 g/mol. The minimum atomic E-state index is -0.477. The lowest BCUT2D eigenvalue weighted by Gasteiger charge is -2.31. The number of benzene rings is 11. The second kappa shape index (κ2) is 16.7. The number of fused-ring (bicyclic) bond motifs is 10. The molecule has 0 aromatic heterocycles. The molecule has 0 radical (unpaired) electrons. The van der Waals surface area contributed by atoms with Crippen LogP contribution in [0.25, 0.3) is 55.6 Å². The molecule has 13 rings (SSSR count). The average Bonchev–Trinajstić information content (AvgIpc) is 3.89. The van der Waals surface area contributed by atoms with Gasteiger partial charge in [-0.2, -0.15) is 0 Å². The molecule has 11 aromatic carbocycles. The third-order valence-corrected chi connectivity index (χ3v) is 14.3. The van der Waals surface area contributed by atoms with Crippen molar-refractivity contribution in [2.24, 2.45) is 0 Å². The molecule has 1 atom stereocenters. The van der Waals surface area contributed by atoms with Gasteiger partial charge >= 0.3 is 0 Å². The Labute approximate surface area is 404 Å². The molecule has 11 aromatic rings. The van der Waals surface area contributed by atoms with Crippen LogP contribution in [-0.2, 0) is 5.41 Å². The highest BCUT2D eigenvalue weighted by atomic mass is 15.1. The lowest BCUT2D eigenvalue weighted by Crippen LogP contribution is -2.25. The highest BCUT2D eigenvalue weighted by Crippen LogP contribution is 2.63. The third kappa shape index (κ3) is 6.64. The summed E-state index contributed by atoms with van der Waals surface area (Å²) in [5.74, 6) is 0. The van der Waals surface area contributed by atoms with Gasteiger partial charge in [0, 0.05) is 34.0 Å². The molecule has 0 heterocycles. The first-order chi connectivity index (χ1) is 34.2. The second-order valence-electron chi connectivity index (χ2n) is 18.0. The van der Waals surface area contributed by atoms with Gasteiger partial charge in [-0.3, -0.25) is 0 Å². The van der Waals surface area contributed by atoms with Crippen LogP contribution in [0.2, 0.25) is 0 Å². The van der Waals surface area contributed by atoms with Crippen molar-refractivity contribution in [2.45, 2.75) is 5.41 Å². The monoisotopic (exact) mass is 878 g/mol. The SMILES string of the molecule is c1ccc(-c2ccc(N(c3ccc4c(c3)-c3ccccc3C43c4ccccc4-c4cc(-c5ccc(N(c6ccccc6)c6ccccc6)cc5)ccc43)c3ccccc3-c3ccccc3)cc2)cc1. The Morgan fingerprint density at radius 3 is 1.14 bits per heavy atom. The van der Waals surface area contributed by atoms with E-state index in [2.05, 4.69) is 289 Å². The Morgan fingerprint density at radius 2 is 0.565 bits per heavy atom. The molecule has 2 nitrogen and oxygen atoms in total. The predicted octanol–water partition coefficient (Wildman–Crippen LogP) is 18.0. The van der Waals surface area contributed by atoms with E-state index in [1.54, 1.807) is 0 Å². The maximum atomic E-state index is 2.44. The average molecular weight is 879 g/mol. The van der Waals surface area contributed by atoms with Crippen molar-refractivity contribution in [2.75, 3.05) is 9.80 Å². The molecule has 1 spiro atoms. The summed E-state index contributed by atoms with van der Waals surface area (Å²) >= 11 is 0. The molecule has 2 heteroatoms. The molecule has 0 fully saturated rings. The van der Waals surface area contributed by atoms with E-state index in [-0.39, 0.29) is 0 Å². The Hall–Kier alpha value is -8.98. The Bertz CT molecular complexity index is 3600. The zero-order valence-corrected chi connectivity index (χ0v) is 38.0. The van der Waals surface area contributed by atoms with Gasteiger partial charge in [0.1, 0.15) is 0 Å². The van der Waals surface area contributed by atoms with Crippen molar-refractivity contribution in [3.8, 4) is 55.6 Å². The van der Waals surface area contributed by atoms with Crippen molar-refractivity contribution in [1.82, 2.24) is 0 Å². The molecule has 2 aliphatic carbocycles. The maximum Gasteiger partial charge on any atom is 0.0725 e. The molecule has 69 heavy (non-hydrogen) atoms. The Kier molecular flexibility index (Phi) is 9.77. The van der Waals surface area contributed by atoms with E-state index in [4.69, 9.17) is 0 Å². The number of hydrogen-bond donors (Lipinski definition) is 0. The summed E-state index contributed by atoms with van der Waals surface area (Å²) in [7, 11) is 0. The summed E-state index contributed by atoms with van der Waals surface area (Å²) in [4.78, 5) is 4.76. The van der Waals surface area contributed by atoms with Crippen LogP contribution < -0.4 is 9.80 Å². The fourth-order valence-electron chi connectivity index (χ4n) is 11.3. The van der Waals surface area contributed by atoms with Crippen LogP contribution in [0.1, 0.15) is 22.3 Å². The Morgan fingerprint density at radius 1 is 0.203 bits per heavy atom. The topological polar surface area (TPSA) is 6.48 Å². The van der Waals surface area contributed by atoms with Gasteiger partial charge in [-0.1, -0.05) is 206 Å². The summed E-state index contributed by atoms with van der Waals surface area (Å²) in [6, 6.07) is 102. The number of hydrogen-bond acceptors (Lipinski definition) is 2. The van der Waals surface area contributed by atoms with Crippen molar-refractivity contribution >= 4 is 34.1 Å². The summed E-state index contributed by atoms with van der Waals surface area (Å²) in [5.41, 5.74) is 23.8. The van der Waals surface area contributed by atoms with Crippen LogP contribution >= 0.6 is 0 Å². The van der Waals surface area contributed by atoms with Crippen LogP contribution in [0, 0.1) is 0 Å². The summed E-state index contributed by atoms with van der Waals surface area (Å²) in [6.07, 6.45) is 0. The smallest absolute Gasteiger partial charge is 0.0725 e. The highest BCUT2D eigenvalue weighted by molar-refractivity contribution is 5.98. The van der Waals surface area contributed by atoms with Crippen molar-refractivity contribution in [3.63, 3.8) is 0 Å². The van der Waals surface area contributed by atoms with Gasteiger partial charge in [0.05, 0.1) is 11.1 Å². The van der Waals surface area contributed by atoms with Crippen molar-refractivity contribution in [1.29, 1.82) is 0 Å². The molecule has 2 aliphatic rings. The minimum Gasteiger partial charge on any atom is -0.311 e. The van der Waals surface area contributed by atoms with Crippen LogP contribution in [0.15, 0.2) is 279 Å². The molecule has 0 amide bonds. The molecule has 0 saturated heterocycles. The van der Waals surface area contributed by atoms with Crippen LogP contribution in [0.3, 0.4) is 0 Å². The number of nitrogens with zero attached hydrogens (tertiary/aromatic N) is 2. The predicted molar refractivity (Wildman–Crippen MR) is 288 cm³/mol. The molecule has 1 unspecified atom stereocenters. The zero-order chi connectivity index (χ0) is 45.7. The van der Waals surface area contributed by atoms with Crippen LogP contribution in [0.4, 0.5) is 34.1 Å². The van der Waals surface area contributed by atoms with Crippen molar-refractivity contribution < 1.29 is 0 Å². The summed E-state index contributed by atoms with van der Waals surface area (Å²) in [6.45, 7) is 0. The normalized spacial score (nSPS) is 13.9. The molecule has 0 N–H and O–H groups in total. The van der Waals surface area contributed by atoms with Gasteiger partial charge in [0.25, 0.3) is 0 Å². The largest absolute Gasteiger partial charge is 0.311 e. The summed E-state index contributed by atoms with van der Waals surface area (Å²) < 4.78 is 0. The fraction of sp³-hybridized carbons (Fsp3) is 0.0149. The van der Waals surface area contributed by atoms with E-state index in [9.17, 15) is 0 Å². The van der Waals surface area contributed by atoms with Gasteiger partial charge in [0.15, 0.2) is 0 Å². The standard InChI is InChI=1S/C67H46N2/c1-5-19-47(20-6-1)48-33-40-55(41-34-48)69(66-32-18-15-27-57(66)50-21-7-2-8-22-50)56-42-44-65-61(46-56)59-29-14-17-31-63(59)67(65)62-30-16-13-28-58(62)60-45-51(37-43-64(60)67)49-35-38-54(39-36-49)68(52-23-9-3-10-24-52)53-25-11-4-12-26-53/h1-46H. The van der Waals surface area contributed by atoms with Crippen LogP contribution in [-0.4, -0.2) is 0 Å². The molecule has 0 aliphatic heterocycles. The lowest BCUT2D eigenvalue weighted by atomic mass is 9.70. The van der Waals surface area contributed by atoms with E-state index in [0.29, 0.717) is 0 Å². The number of rotatable bonds is 9. The van der Waals surface area contributed by atoms with E-state index < -0.39 is 5.41 Å².